The molecule has 6 rings (SSSR count). The van der Waals surface area contributed by atoms with Gasteiger partial charge in [0, 0.05) is 61.5 Å². The fourth-order valence-corrected chi connectivity index (χ4v) is 5.87. The molecule has 2 saturated heterocycles. The number of nitriles is 1. The van der Waals surface area contributed by atoms with Gasteiger partial charge in [-0.3, -0.25) is 24.6 Å². The van der Waals surface area contributed by atoms with Crippen molar-refractivity contribution < 1.29 is 27.9 Å². The van der Waals surface area contributed by atoms with Gasteiger partial charge in [-0.2, -0.15) is 5.26 Å². The Morgan fingerprint density at radius 1 is 0.977 bits per heavy atom. The average molecular weight is 586 g/mol. The molecule has 3 aliphatic heterocycles. The lowest BCUT2D eigenvalue weighted by Crippen LogP contribution is -2.52. The Hall–Kier alpha value is -4.82. The van der Waals surface area contributed by atoms with Crippen molar-refractivity contribution in [2.75, 3.05) is 31.1 Å². The summed E-state index contributed by atoms with van der Waals surface area (Å²) in [5.74, 6) is -1.59. The number of hydrogen-bond donors (Lipinski definition) is 1. The van der Waals surface area contributed by atoms with E-state index in [1.807, 2.05) is 12.1 Å². The second-order valence-electron chi connectivity index (χ2n) is 10.9. The number of nitrogens with zero attached hydrogens (tertiary/aromatic N) is 4. The van der Waals surface area contributed by atoms with Gasteiger partial charge >= 0.3 is 0 Å². The molecule has 0 aromatic heterocycles. The van der Waals surface area contributed by atoms with Crippen LogP contribution in [0.15, 0.2) is 54.6 Å². The molecule has 0 bridgehead atoms. The van der Waals surface area contributed by atoms with Crippen molar-refractivity contribution in [3.63, 3.8) is 0 Å². The fraction of sp³-hybridized carbons (Fsp3) is 0.312. The minimum atomic E-state index is -0.725. The number of rotatable bonds is 7. The number of anilines is 1. The summed E-state index contributed by atoms with van der Waals surface area (Å²) < 4.78 is 35.1. The molecule has 220 valence electrons. The molecule has 11 heteroatoms. The Kier molecular flexibility index (Phi) is 7.78. The van der Waals surface area contributed by atoms with E-state index in [0.29, 0.717) is 42.1 Å². The van der Waals surface area contributed by atoms with Gasteiger partial charge < -0.3 is 14.5 Å². The highest BCUT2D eigenvalue weighted by atomic mass is 19.1. The van der Waals surface area contributed by atoms with Crippen molar-refractivity contribution in [3.8, 4) is 11.8 Å². The van der Waals surface area contributed by atoms with Gasteiger partial charge in [-0.15, -0.1) is 0 Å². The predicted octanol–water partition coefficient (Wildman–Crippen LogP) is 3.50. The van der Waals surface area contributed by atoms with Crippen LogP contribution in [0.4, 0.5) is 14.5 Å². The molecular formula is C32H29F2N5O4. The number of piperazine rings is 1. The first-order valence-electron chi connectivity index (χ1n) is 14.1. The van der Waals surface area contributed by atoms with Gasteiger partial charge in [0.05, 0.1) is 12.1 Å². The maximum atomic E-state index is 15.1. The summed E-state index contributed by atoms with van der Waals surface area (Å²) in [5.41, 5.74) is 3.03. The minimum Gasteiger partial charge on any atom is -0.488 e. The molecule has 9 nitrogen and oxygen atoms in total. The van der Waals surface area contributed by atoms with Gasteiger partial charge in [0.15, 0.2) is 0 Å². The molecule has 43 heavy (non-hydrogen) atoms. The largest absolute Gasteiger partial charge is 0.488 e. The molecule has 1 atom stereocenters. The maximum Gasteiger partial charge on any atom is 0.255 e. The lowest BCUT2D eigenvalue weighted by Gasteiger charge is -2.36. The molecule has 2 fully saturated rings. The highest BCUT2D eigenvalue weighted by Crippen LogP contribution is 2.34. The third kappa shape index (κ3) is 5.79. The van der Waals surface area contributed by atoms with E-state index >= 15 is 4.39 Å². The Morgan fingerprint density at radius 3 is 2.51 bits per heavy atom. The van der Waals surface area contributed by atoms with E-state index in [9.17, 15) is 18.8 Å². The zero-order valence-electron chi connectivity index (χ0n) is 23.3. The van der Waals surface area contributed by atoms with Crippen LogP contribution in [-0.4, -0.2) is 59.7 Å². The van der Waals surface area contributed by atoms with Crippen LogP contribution in [0.25, 0.3) is 0 Å². The van der Waals surface area contributed by atoms with Crippen LogP contribution in [-0.2, 0) is 29.3 Å². The number of amides is 3. The maximum absolute atomic E-state index is 15.1. The number of halogens is 2. The summed E-state index contributed by atoms with van der Waals surface area (Å²) in [6.07, 6.45) is 0.441. The predicted molar refractivity (Wildman–Crippen MR) is 152 cm³/mol. The van der Waals surface area contributed by atoms with Crippen molar-refractivity contribution in [1.82, 2.24) is 15.1 Å². The summed E-state index contributed by atoms with van der Waals surface area (Å²) in [6.45, 7) is 3.53. The van der Waals surface area contributed by atoms with Crippen LogP contribution in [0.5, 0.6) is 5.75 Å². The van der Waals surface area contributed by atoms with Crippen LogP contribution in [0.3, 0.4) is 0 Å². The quantitative estimate of drug-likeness (QED) is 0.423. The Morgan fingerprint density at radius 2 is 1.79 bits per heavy atom. The minimum absolute atomic E-state index is 0.0254. The van der Waals surface area contributed by atoms with E-state index in [0.717, 1.165) is 24.3 Å². The molecule has 3 heterocycles. The van der Waals surface area contributed by atoms with Crippen molar-refractivity contribution in [2.45, 2.75) is 38.6 Å². The first kappa shape index (κ1) is 28.3. The molecule has 3 aromatic carbocycles. The van der Waals surface area contributed by atoms with Gasteiger partial charge in [0.1, 0.15) is 36.1 Å². The first-order chi connectivity index (χ1) is 20.8. The molecule has 0 radical (unpaired) electrons. The standard InChI is InChI=1S/C32H29F2N5O4/c33-26-14-20(17-37-10-12-38(13-11-37)23-7-6-21(16-35)27(34)15-23)4-5-22(26)19-43-29-3-1-2-24-25(29)18-39(32(24)42)28-8-9-30(40)36-31(28)41/h1-7,14-15,28H,8-13,17-19H2,(H,36,40,41)/t28-/m0/s1. The van der Waals surface area contributed by atoms with Crippen LogP contribution in [0.2, 0.25) is 0 Å². The summed E-state index contributed by atoms with van der Waals surface area (Å²) in [4.78, 5) is 42.7. The number of ether oxygens (including phenoxy) is 1. The van der Waals surface area contributed by atoms with E-state index < -0.39 is 23.6 Å². The van der Waals surface area contributed by atoms with Crippen LogP contribution >= 0.6 is 0 Å². The first-order valence-corrected chi connectivity index (χ1v) is 14.1. The van der Waals surface area contributed by atoms with E-state index in [1.165, 1.54) is 23.1 Å². The summed E-state index contributed by atoms with van der Waals surface area (Å²) >= 11 is 0. The van der Waals surface area contributed by atoms with E-state index in [1.54, 1.807) is 30.3 Å². The number of carbonyl (C=O) groups is 3. The SMILES string of the molecule is N#Cc1ccc(N2CCN(Cc3ccc(COc4cccc5c4CN([C@H]4CCC(=O)NC4=O)C5=O)c(F)c3)CC2)cc1F. The number of nitrogens with one attached hydrogen (secondary N) is 1. The summed E-state index contributed by atoms with van der Waals surface area (Å²) in [5, 5.41) is 11.2. The second kappa shape index (κ2) is 11.8. The molecule has 3 amide bonds. The smallest absolute Gasteiger partial charge is 0.255 e. The number of imide groups is 1. The molecule has 0 spiro atoms. The topological polar surface area (TPSA) is 106 Å². The second-order valence-corrected chi connectivity index (χ2v) is 10.9. The van der Waals surface area contributed by atoms with Crippen molar-refractivity contribution >= 4 is 23.4 Å². The zero-order chi connectivity index (χ0) is 30.1. The third-order valence-corrected chi connectivity index (χ3v) is 8.26. The highest BCUT2D eigenvalue weighted by molar-refractivity contribution is 6.05. The van der Waals surface area contributed by atoms with Gasteiger partial charge in [-0.1, -0.05) is 18.2 Å². The third-order valence-electron chi connectivity index (χ3n) is 8.26. The molecule has 0 unspecified atom stereocenters. The Labute approximate surface area is 247 Å². The number of benzene rings is 3. The lowest BCUT2D eigenvalue weighted by molar-refractivity contribution is -0.136. The van der Waals surface area contributed by atoms with Crippen LogP contribution in [0.1, 0.15) is 45.5 Å². The molecular weight excluding hydrogens is 556 g/mol. The molecule has 0 aliphatic carbocycles. The summed E-state index contributed by atoms with van der Waals surface area (Å²) in [7, 11) is 0. The fourth-order valence-electron chi connectivity index (χ4n) is 5.87. The van der Waals surface area contributed by atoms with Gasteiger partial charge in [0.2, 0.25) is 11.8 Å². The number of fused-ring (bicyclic) bond motifs is 1. The lowest BCUT2D eigenvalue weighted by atomic mass is 10.0. The normalized spacial score (nSPS) is 18.8. The van der Waals surface area contributed by atoms with Gasteiger partial charge in [0.25, 0.3) is 5.91 Å². The summed E-state index contributed by atoms with van der Waals surface area (Å²) in [6, 6.07) is 15.9. The van der Waals surface area contributed by atoms with Gasteiger partial charge in [-0.05, 0) is 48.4 Å². The molecule has 3 aliphatic rings. The van der Waals surface area contributed by atoms with Crippen molar-refractivity contribution in [1.29, 1.82) is 5.26 Å². The highest BCUT2D eigenvalue weighted by Gasteiger charge is 2.40. The van der Waals surface area contributed by atoms with Crippen molar-refractivity contribution in [3.05, 3.63) is 94.0 Å². The van der Waals surface area contributed by atoms with Crippen LogP contribution < -0.4 is 15.0 Å². The monoisotopic (exact) mass is 585 g/mol. The number of hydrogen-bond acceptors (Lipinski definition) is 7. The number of piperidine rings is 1. The average Bonchev–Trinajstić information content (AvgIpc) is 3.33. The molecule has 0 saturated carbocycles. The Bertz CT molecular complexity index is 1650. The van der Waals surface area contributed by atoms with E-state index in [-0.39, 0.29) is 43.4 Å². The number of carbonyl (C=O) groups excluding carboxylic acids is 3. The Balaban J connectivity index is 1.05. The van der Waals surface area contributed by atoms with E-state index in [2.05, 4.69) is 15.1 Å². The van der Waals surface area contributed by atoms with Gasteiger partial charge in [-0.25, -0.2) is 8.78 Å². The van der Waals surface area contributed by atoms with Crippen molar-refractivity contribution in [2.24, 2.45) is 0 Å². The van der Waals surface area contributed by atoms with Crippen LogP contribution in [0, 0.1) is 23.0 Å². The zero-order valence-corrected chi connectivity index (χ0v) is 23.3. The molecule has 3 aromatic rings. The molecule has 1 N–H and O–H groups in total. The van der Waals surface area contributed by atoms with E-state index in [4.69, 9.17) is 10.00 Å².